The molecule has 1 aromatic carbocycles. The lowest BCUT2D eigenvalue weighted by molar-refractivity contribution is -0.119. The fourth-order valence-corrected chi connectivity index (χ4v) is 3.23. The van der Waals surface area contributed by atoms with Crippen LogP contribution >= 0.6 is 11.8 Å². The summed E-state index contributed by atoms with van der Waals surface area (Å²) in [4.78, 5) is 23.6. The van der Waals surface area contributed by atoms with Gasteiger partial charge >= 0.3 is 6.03 Å². The maximum atomic E-state index is 12.1. The molecule has 2 N–H and O–H groups in total. The molecule has 1 heterocycles. The molecule has 0 spiro atoms. The summed E-state index contributed by atoms with van der Waals surface area (Å²) >= 11 is 1.26. The van der Waals surface area contributed by atoms with Crippen molar-refractivity contribution >= 4 is 23.7 Å². The molecule has 0 saturated heterocycles. The molecule has 0 saturated carbocycles. The van der Waals surface area contributed by atoms with Crippen molar-refractivity contribution in [1.29, 1.82) is 0 Å². The number of rotatable bonds is 5. The maximum Gasteiger partial charge on any atom is 0.321 e. The van der Waals surface area contributed by atoms with E-state index in [1.807, 2.05) is 23.7 Å². The van der Waals surface area contributed by atoms with Gasteiger partial charge in [0.1, 0.15) is 0 Å². The molecule has 0 aliphatic rings. The van der Waals surface area contributed by atoms with Gasteiger partial charge in [0.2, 0.25) is 5.91 Å². The van der Waals surface area contributed by atoms with Gasteiger partial charge < -0.3 is 9.88 Å². The summed E-state index contributed by atoms with van der Waals surface area (Å²) in [7, 11) is 1.86. The van der Waals surface area contributed by atoms with Crippen LogP contribution < -0.4 is 10.6 Å². The number of benzene rings is 1. The van der Waals surface area contributed by atoms with Gasteiger partial charge in [-0.3, -0.25) is 10.1 Å². The number of nitrogens with one attached hydrogen (secondary N) is 2. The number of aromatic nitrogens is 3. The summed E-state index contributed by atoms with van der Waals surface area (Å²) in [6, 6.07) is 7.76. The third-order valence-corrected chi connectivity index (χ3v) is 5.20. The minimum absolute atomic E-state index is 0.0896. The molecule has 0 aliphatic heterocycles. The number of urea groups is 1. The summed E-state index contributed by atoms with van der Waals surface area (Å²) in [5, 5.41) is 13.4. The van der Waals surface area contributed by atoms with Crippen LogP contribution in [0.1, 0.15) is 40.2 Å². The first-order valence-corrected chi connectivity index (χ1v) is 9.77. The monoisotopic (exact) mass is 389 g/mol. The molecule has 0 bridgehead atoms. The van der Waals surface area contributed by atoms with E-state index in [0.29, 0.717) is 11.7 Å². The second-order valence-electron chi connectivity index (χ2n) is 7.30. The van der Waals surface area contributed by atoms with Crippen LogP contribution in [0, 0.1) is 0 Å². The van der Waals surface area contributed by atoms with Crippen molar-refractivity contribution in [2.45, 2.75) is 50.4 Å². The Labute approximate surface area is 164 Å². The molecule has 2 aromatic rings. The summed E-state index contributed by atoms with van der Waals surface area (Å²) in [6.45, 7) is 10.5. The average molecular weight is 390 g/mol. The van der Waals surface area contributed by atoms with Crippen LogP contribution in [0.25, 0.3) is 11.4 Å². The zero-order valence-electron chi connectivity index (χ0n) is 16.7. The molecule has 1 aromatic heterocycles. The van der Waals surface area contributed by atoms with Crippen molar-refractivity contribution in [1.82, 2.24) is 25.4 Å². The van der Waals surface area contributed by atoms with Gasteiger partial charge in [0.05, 0.1) is 5.25 Å². The van der Waals surface area contributed by atoms with Crippen molar-refractivity contribution in [3.8, 4) is 11.4 Å². The average Bonchev–Trinajstić information content (AvgIpc) is 2.95. The van der Waals surface area contributed by atoms with Crippen molar-refractivity contribution in [3.05, 3.63) is 29.8 Å². The fourth-order valence-electron chi connectivity index (χ4n) is 2.42. The number of hydrogen-bond donors (Lipinski definition) is 2. The molecule has 0 aliphatic carbocycles. The van der Waals surface area contributed by atoms with Gasteiger partial charge in [-0.15, -0.1) is 10.2 Å². The molecule has 27 heavy (non-hydrogen) atoms. The highest BCUT2D eigenvalue weighted by Gasteiger charge is 2.21. The van der Waals surface area contributed by atoms with Crippen molar-refractivity contribution < 1.29 is 9.59 Å². The van der Waals surface area contributed by atoms with Crippen LogP contribution in [0.3, 0.4) is 0 Å². The van der Waals surface area contributed by atoms with Gasteiger partial charge in [-0.1, -0.05) is 56.8 Å². The Morgan fingerprint density at radius 2 is 1.81 bits per heavy atom. The summed E-state index contributed by atoms with van der Waals surface area (Å²) in [6.07, 6.45) is 0. The lowest BCUT2D eigenvalue weighted by Crippen LogP contribution is -2.42. The lowest BCUT2D eigenvalue weighted by Gasteiger charge is -2.19. The number of amides is 3. The first kappa shape index (κ1) is 21.0. The quantitative estimate of drug-likeness (QED) is 0.767. The van der Waals surface area contributed by atoms with E-state index in [1.54, 1.807) is 13.8 Å². The molecule has 0 fully saturated rings. The number of carbonyl (C=O) groups excluding carboxylic acids is 2. The fraction of sp³-hybridized carbons (Fsp3) is 0.474. The van der Waals surface area contributed by atoms with E-state index >= 15 is 0 Å². The number of hydrogen-bond acceptors (Lipinski definition) is 5. The van der Waals surface area contributed by atoms with E-state index in [-0.39, 0.29) is 11.3 Å². The van der Waals surface area contributed by atoms with E-state index in [0.717, 1.165) is 11.4 Å². The van der Waals surface area contributed by atoms with Crippen LogP contribution in [0.5, 0.6) is 0 Å². The van der Waals surface area contributed by atoms with Gasteiger partial charge in [-0.05, 0) is 24.8 Å². The van der Waals surface area contributed by atoms with Gasteiger partial charge in [0, 0.05) is 19.2 Å². The maximum absolute atomic E-state index is 12.1. The number of imide groups is 1. The first-order chi connectivity index (χ1) is 12.6. The third-order valence-electron chi connectivity index (χ3n) is 4.07. The third kappa shape index (κ3) is 5.32. The Balaban J connectivity index is 2.10. The minimum atomic E-state index is -0.493. The van der Waals surface area contributed by atoms with Gasteiger partial charge in [0.25, 0.3) is 0 Å². The highest BCUT2D eigenvalue weighted by atomic mass is 32.2. The lowest BCUT2D eigenvalue weighted by atomic mass is 9.87. The Bertz CT molecular complexity index is 808. The number of nitrogens with zero attached hydrogens (tertiary/aromatic N) is 3. The normalized spacial score (nSPS) is 12.5. The summed E-state index contributed by atoms with van der Waals surface area (Å²) in [5.74, 6) is 0.360. The van der Waals surface area contributed by atoms with E-state index in [1.165, 1.54) is 17.3 Å². The molecule has 2 rings (SSSR count). The molecule has 0 radical (unpaired) electrons. The van der Waals surface area contributed by atoms with Crippen LogP contribution in [-0.2, 0) is 17.3 Å². The largest absolute Gasteiger partial charge is 0.338 e. The Hall–Kier alpha value is -2.35. The molecule has 146 valence electrons. The predicted molar refractivity (Wildman–Crippen MR) is 108 cm³/mol. The van der Waals surface area contributed by atoms with Crippen LogP contribution in [0.2, 0.25) is 0 Å². The highest BCUT2D eigenvalue weighted by Crippen LogP contribution is 2.28. The highest BCUT2D eigenvalue weighted by molar-refractivity contribution is 8.00. The van der Waals surface area contributed by atoms with Crippen molar-refractivity contribution in [2.75, 3.05) is 6.54 Å². The topological polar surface area (TPSA) is 88.9 Å². The SMILES string of the molecule is CCNC(=O)NC(=O)C(C)Sc1nnc(-c2ccc(C(C)(C)C)cc2)n1C. The molecule has 7 nitrogen and oxygen atoms in total. The van der Waals surface area contributed by atoms with Crippen LogP contribution in [0.15, 0.2) is 29.4 Å². The second-order valence-corrected chi connectivity index (χ2v) is 8.61. The van der Waals surface area contributed by atoms with E-state index in [9.17, 15) is 9.59 Å². The molecule has 1 unspecified atom stereocenters. The standard InChI is InChI=1S/C19H27N5O2S/c1-7-20-17(26)21-16(25)12(2)27-18-23-22-15(24(18)6)13-8-10-14(11-9-13)19(3,4)5/h8-12H,7H2,1-6H3,(H2,20,21,25,26). The van der Waals surface area contributed by atoms with Crippen molar-refractivity contribution in [3.63, 3.8) is 0 Å². The number of thioether (sulfide) groups is 1. The van der Waals surface area contributed by atoms with E-state index in [4.69, 9.17) is 0 Å². The van der Waals surface area contributed by atoms with Crippen LogP contribution in [-0.4, -0.2) is 38.5 Å². The Morgan fingerprint density at radius 3 is 2.37 bits per heavy atom. The summed E-state index contributed by atoms with van der Waals surface area (Å²) < 4.78 is 1.85. The predicted octanol–water partition coefficient (Wildman–Crippen LogP) is 3.11. The summed E-state index contributed by atoms with van der Waals surface area (Å²) in [5.41, 5.74) is 2.30. The molecule has 1 atom stereocenters. The van der Waals surface area contributed by atoms with E-state index < -0.39 is 11.3 Å². The molecular weight excluding hydrogens is 362 g/mol. The van der Waals surface area contributed by atoms with Crippen molar-refractivity contribution in [2.24, 2.45) is 7.05 Å². The zero-order chi connectivity index (χ0) is 20.2. The molecule has 8 heteroatoms. The molecular formula is C19H27N5O2S. The van der Waals surface area contributed by atoms with Gasteiger partial charge in [-0.25, -0.2) is 4.79 Å². The molecule has 3 amide bonds. The second kappa shape index (κ2) is 8.56. The Kier molecular flexibility index (Phi) is 6.64. The minimum Gasteiger partial charge on any atom is -0.338 e. The Morgan fingerprint density at radius 1 is 1.19 bits per heavy atom. The zero-order valence-corrected chi connectivity index (χ0v) is 17.5. The van der Waals surface area contributed by atoms with Gasteiger partial charge in [0.15, 0.2) is 11.0 Å². The smallest absolute Gasteiger partial charge is 0.321 e. The van der Waals surface area contributed by atoms with Crippen LogP contribution in [0.4, 0.5) is 4.79 Å². The first-order valence-electron chi connectivity index (χ1n) is 8.89. The number of carbonyl (C=O) groups is 2. The van der Waals surface area contributed by atoms with Gasteiger partial charge in [-0.2, -0.15) is 0 Å². The van der Waals surface area contributed by atoms with E-state index in [2.05, 4.69) is 53.7 Å².